The van der Waals surface area contributed by atoms with Crippen molar-refractivity contribution in [2.75, 3.05) is 24.7 Å². The molecular formula is C13H24ClNO2S. The van der Waals surface area contributed by atoms with Crippen LogP contribution in [0, 0.1) is 5.41 Å². The second-order valence-electron chi connectivity index (χ2n) is 5.80. The second-order valence-corrected chi connectivity index (χ2v) is 8.27. The maximum absolute atomic E-state index is 12.1. The van der Waals surface area contributed by atoms with E-state index in [9.17, 15) is 8.42 Å². The Hall–Kier alpha value is -0.0600. The van der Waals surface area contributed by atoms with Crippen LogP contribution in [0.5, 0.6) is 0 Å². The van der Waals surface area contributed by atoms with Gasteiger partial charge in [-0.05, 0) is 24.7 Å². The molecule has 0 saturated heterocycles. The molecule has 18 heavy (non-hydrogen) atoms. The Morgan fingerprint density at radius 1 is 1.33 bits per heavy atom. The van der Waals surface area contributed by atoms with Crippen molar-refractivity contribution in [3.8, 4) is 0 Å². The molecule has 0 bridgehead atoms. The smallest absolute Gasteiger partial charge is 0.212 e. The van der Waals surface area contributed by atoms with Crippen LogP contribution in [0.15, 0.2) is 11.6 Å². The van der Waals surface area contributed by atoms with Gasteiger partial charge < -0.3 is 0 Å². The largest absolute Gasteiger partial charge is 0.214 e. The van der Waals surface area contributed by atoms with Crippen molar-refractivity contribution < 1.29 is 8.42 Å². The predicted molar refractivity (Wildman–Crippen MR) is 77.5 cm³/mol. The van der Waals surface area contributed by atoms with Crippen molar-refractivity contribution in [3.05, 3.63) is 11.6 Å². The highest BCUT2D eigenvalue weighted by molar-refractivity contribution is 7.89. The third-order valence-corrected chi connectivity index (χ3v) is 5.50. The van der Waals surface area contributed by atoms with Gasteiger partial charge in [0.15, 0.2) is 0 Å². The molecule has 5 heteroatoms. The van der Waals surface area contributed by atoms with Gasteiger partial charge in [0, 0.05) is 19.0 Å². The molecule has 0 amide bonds. The quantitative estimate of drug-likeness (QED) is 0.444. The van der Waals surface area contributed by atoms with Crippen LogP contribution in [0.2, 0.25) is 0 Å². The third kappa shape index (κ3) is 4.56. The van der Waals surface area contributed by atoms with Crippen LogP contribution >= 0.6 is 11.6 Å². The van der Waals surface area contributed by atoms with Gasteiger partial charge in [0.25, 0.3) is 0 Å². The van der Waals surface area contributed by atoms with Gasteiger partial charge in [0.1, 0.15) is 0 Å². The molecule has 0 N–H and O–H groups in total. The maximum atomic E-state index is 12.1. The van der Waals surface area contributed by atoms with Gasteiger partial charge in [-0.15, -0.1) is 11.6 Å². The summed E-state index contributed by atoms with van der Waals surface area (Å²) in [6, 6.07) is 0. The first kappa shape index (κ1) is 16.0. The van der Waals surface area contributed by atoms with Crippen molar-refractivity contribution in [3.63, 3.8) is 0 Å². The van der Waals surface area contributed by atoms with E-state index >= 15 is 0 Å². The molecule has 0 aromatic heterocycles. The van der Waals surface area contributed by atoms with Crippen LogP contribution in [-0.4, -0.2) is 37.4 Å². The molecule has 1 aliphatic heterocycles. The van der Waals surface area contributed by atoms with Crippen LogP contribution in [0.4, 0.5) is 0 Å². The Bertz CT molecular complexity index is 396. The zero-order chi connectivity index (χ0) is 13.8. The molecule has 3 nitrogen and oxygen atoms in total. The zero-order valence-corrected chi connectivity index (χ0v) is 13.1. The Morgan fingerprint density at radius 3 is 2.44 bits per heavy atom. The summed E-state index contributed by atoms with van der Waals surface area (Å²) in [5.74, 6) is 0.752. The lowest BCUT2D eigenvalue weighted by atomic mass is 9.83. The molecule has 0 aromatic rings. The maximum Gasteiger partial charge on any atom is 0.214 e. The van der Waals surface area contributed by atoms with Gasteiger partial charge in [0.05, 0.1) is 5.75 Å². The number of hydrogen-bond donors (Lipinski definition) is 0. The van der Waals surface area contributed by atoms with Crippen molar-refractivity contribution in [1.29, 1.82) is 0 Å². The molecule has 1 heterocycles. The zero-order valence-electron chi connectivity index (χ0n) is 11.6. The number of unbranched alkanes of at least 4 members (excludes halogenated alkanes) is 1. The average molecular weight is 294 g/mol. The minimum absolute atomic E-state index is 0.147. The van der Waals surface area contributed by atoms with E-state index in [0.29, 0.717) is 25.4 Å². The molecule has 1 aliphatic rings. The van der Waals surface area contributed by atoms with E-state index in [1.807, 2.05) is 0 Å². The van der Waals surface area contributed by atoms with Crippen LogP contribution in [0.1, 0.15) is 40.0 Å². The van der Waals surface area contributed by atoms with Gasteiger partial charge in [-0.3, -0.25) is 0 Å². The number of hydrogen-bond acceptors (Lipinski definition) is 2. The molecule has 0 radical (unpaired) electrons. The Morgan fingerprint density at radius 2 is 2.00 bits per heavy atom. The van der Waals surface area contributed by atoms with Gasteiger partial charge in [-0.25, -0.2) is 8.42 Å². The van der Waals surface area contributed by atoms with Crippen molar-refractivity contribution in [1.82, 2.24) is 4.31 Å². The predicted octanol–water partition coefficient (Wildman–Crippen LogP) is 3.01. The van der Waals surface area contributed by atoms with E-state index in [1.165, 1.54) is 5.57 Å². The molecule has 0 atom stereocenters. The summed E-state index contributed by atoms with van der Waals surface area (Å²) in [6.07, 6.45) is 4.33. The fraction of sp³-hybridized carbons (Fsp3) is 0.846. The normalized spacial score (nSPS) is 18.8. The number of sulfonamides is 1. The summed E-state index contributed by atoms with van der Waals surface area (Å²) in [7, 11) is -3.09. The number of halogens is 1. The standard InChI is InChI=1S/C13H24ClNO2S/c1-13(2,3)12-6-9-15(10-7-12)18(16,17)11-5-4-8-14/h6H,4-5,7-11H2,1-3H3. The molecule has 106 valence electrons. The minimum Gasteiger partial charge on any atom is -0.212 e. The minimum atomic E-state index is -3.09. The monoisotopic (exact) mass is 293 g/mol. The lowest BCUT2D eigenvalue weighted by Gasteiger charge is -2.31. The Kier molecular flexibility index (Phi) is 5.68. The van der Waals surface area contributed by atoms with E-state index < -0.39 is 10.0 Å². The highest BCUT2D eigenvalue weighted by Crippen LogP contribution is 2.30. The molecule has 0 aliphatic carbocycles. The van der Waals surface area contributed by atoms with Gasteiger partial charge in [0.2, 0.25) is 10.0 Å². The topological polar surface area (TPSA) is 37.4 Å². The molecule has 0 spiro atoms. The summed E-state index contributed by atoms with van der Waals surface area (Å²) in [5.41, 5.74) is 1.50. The first-order valence-electron chi connectivity index (χ1n) is 6.50. The first-order chi connectivity index (χ1) is 8.27. The summed E-state index contributed by atoms with van der Waals surface area (Å²) < 4.78 is 25.7. The SMILES string of the molecule is CC(C)(C)C1=CCN(S(=O)(=O)CCCCCl)CC1. The van der Waals surface area contributed by atoms with E-state index in [2.05, 4.69) is 26.8 Å². The molecule has 1 rings (SSSR count). The van der Waals surface area contributed by atoms with E-state index in [0.717, 1.165) is 12.8 Å². The van der Waals surface area contributed by atoms with Gasteiger partial charge in [-0.1, -0.05) is 32.4 Å². The lowest BCUT2D eigenvalue weighted by Crippen LogP contribution is -2.37. The van der Waals surface area contributed by atoms with Crippen LogP contribution in [0.25, 0.3) is 0 Å². The summed E-state index contributed by atoms with van der Waals surface area (Å²) >= 11 is 5.57. The highest BCUT2D eigenvalue weighted by Gasteiger charge is 2.27. The van der Waals surface area contributed by atoms with Crippen LogP contribution < -0.4 is 0 Å². The van der Waals surface area contributed by atoms with E-state index in [4.69, 9.17) is 11.6 Å². The Balaban J connectivity index is 2.59. The fourth-order valence-corrected chi connectivity index (χ4v) is 3.78. The van der Waals surface area contributed by atoms with Crippen molar-refractivity contribution >= 4 is 21.6 Å². The molecule has 0 fully saturated rings. The van der Waals surface area contributed by atoms with Crippen LogP contribution in [0.3, 0.4) is 0 Å². The van der Waals surface area contributed by atoms with Gasteiger partial charge in [-0.2, -0.15) is 4.31 Å². The summed E-state index contributed by atoms with van der Waals surface area (Å²) in [5, 5.41) is 0. The van der Waals surface area contributed by atoms with Crippen molar-refractivity contribution in [2.45, 2.75) is 40.0 Å². The molecular weight excluding hydrogens is 270 g/mol. The lowest BCUT2D eigenvalue weighted by molar-refractivity contribution is 0.389. The first-order valence-corrected chi connectivity index (χ1v) is 8.65. The number of alkyl halides is 1. The fourth-order valence-electron chi connectivity index (χ4n) is 2.09. The van der Waals surface area contributed by atoms with Crippen LogP contribution in [-0.2, 0) is 10.0 Å². The molecule has 0 saturated carbocycles. The van der Waals surface area contributed by atoms with E-state index in [1.54, 1.807) is 4.31 Å². The highest BCUT2D eigenvalue weighted by atomic mass is 35.5. The van der Waals surface area contributed by atoms with Gasteiger partial charge >= 0.3 is 0 Å². The molecule has 0 unspecified atom stereocenters. The number of rotatable bonds is 5. The summed E-state index contributed by atoms with van der Waals surface area (Å²) in [6.45, 7) is 7.65. The third-order valence-electron chi connectivity index (χ3n) is 3.31. The number of nitrogens with zero attached hydrogens (tertiary/aromatic N) is 1. The van der Waals surface area contributed by atoms with E-state index in [-0.39, 0.29) is 11.2 Å². The molecule has 0 aromatic carbocycles. The second kappa shape index (κ2) is 6.40. The average Bonchev–Trinajstić information content (AvgIpc) is 2.28. The Labute approximate surface area is 116 Å². The van der Waals surface area contributed by atoms with Crippen molar-refractivity contribution in [2.24, 2.45) is 5.41 Å². The summed E-state index contributed by atoms with van der Waals surface area (Å²) in [4.78, 5) is 0.